The Kier molecular flexibility index (Phi) is 3.91. The number of para-hydroxylation sites is 1. The number of hydrogen-bond acceptors (Lipinski definition) is 4. The molecule has 6 heteroatoms. The second-order valence-electron chi connectivity index (χ2n) is 4.63. The quantitative estimate of drug-likeness (QED) is 0.758. The Labute approximate surface area is 127 Å². The van der Waals surface area contributed by atoms with Gasteiger partial charge in [-0.15, -0.1) is 0 Å². The first-order valence-electron chi connectivity index (χ1n) is 6.77. The summed E-state index contributed by atoms with van der Waals surface area (Å²) >= 11 is 0. The fourth-order valence-electron chi connectivity index (χ4n) is 2.11. The smallest absolute Gasteiger partial charge is 0.269 e. The number of amides is 1. The van der Waals surface area contributed by atoms with Crippen LogP contribution < -0.4 is 10.1 Å². The molecule has 22 heavy (non-hydrogen) atoms. The van der Waals surface area contributed by atoms with Crippen molar-refractivity contribution in [3.8, 4) is 17.0 Å². The number of carbonyl (C=O) groups is 1. The van der Waals surface area contributed by atoms with Gasteiger partial charge in [0.2, 0.25) is 0 Å². The zero-order valence-electron chi connectivity index (χ0n) is 12.0. The number of nitrogens with one attached hydrogen (secondary N) is 2. The highest BCUT2D eigenvalue weighted by molar-refractivity contribution is 5.93. The highest BCUT2D eigenvalue weighted by Gasteiger charge is 2.13. The minimum Gasteiger partial charge on any atom is -0.496 e. The molecule has 6 nitrogen and oxygen atoms in total. The molecule has 0 radical (unpaired) electrons. The molecule has 2 aromatic heterocycles. The number of hydrogen-bond donors (Lipinski definition) is 2. The second-order valence-corrected chi connectivity index (χ2v) is 4.63. The summed E-state index contributed by atoms with van der Waals surface area (Å²) in [6.07, 6.45) is 1.57. The number of benzene rings is 1. The van der Waals surface area contributed by atoms with E-state index in [2.05, 4.69) is 15.5 Å². The molecule has 2 heterocycles. The summed E-state index contributed by atoms with van der Waals surface area (Å²) in [4.78, 5) is 12.1. The first-order valence-corrected chi connectivity index (χ1v) is 6.77. The average molecular weight is 297 g/mol. The monoisotopic (exact) mass is 297 g/mol. The van der Waals surface area contributed by atoms with E-state index >= 15 is 0 Å². The van der Waals surface area contributed by atoms with Crippen LogP contribution in [0.2, 0.25) is 0 Å². The number of aromatic nitrogens is 2. The molecule has 0 saturated heterocycles. The molecule has 0 aliphatic rings. The van der Waals surface area contributed by atoms with E-state index in [0.29, 0.717) is 29.4 Å². The van der Waals surface area contributed by atoms with Crippen LogP contribution in [0.3, 0.4) is 0 Å². The van der Waals surface area contributed by atoms with Gasteiger partial charge in [-0.3, -0.25) is 9.89 Å². The lowest BCUT2D eigenvalue weighted by atomic mass is 10.1. The number of furan rings is 1. The van der Waals surface area contributed by atoms with E-state index in [1.54, 1.807) is 31.6 Å². The summed E-state index contributed by atoms with van der Waals surface area (Å²) in [5.74, 6) is 1.15. The molecule has 0 spiro atoms. The van der Waals surface area contributed by atoms with Crippen molar-refractivity contribution >= 4 is 5.91 Å². The summed E-state index contributed by atoms with van der Waals surface area (Å²) in [6.45, 7) is 0.328. The van der Waals surface area contributed by atoms with Crippen molar-refractivity contribution in [2.24, 2.45) is 0 Å². The maximum atomic E-state index is 12.1. The molecule has 0 unspecified atom stereocenters. The van der Waals surface area contributed by atoms with Crippen LogP contribution in [-0.4, -0.2) is 23.2 Å². The van der Waals surface area contributed by atoms with Crippen LogP contribution in [0.25, 0.3) is 11.3 Å². The first-order chi connectivity index (χ1) is 10.8. The molecule has 0 bridgehead atoms. The lowest BCUT2D eigenvalue weighted by Gasteiger charge is -2.04. The minimum absolute atomic E-state index is 0.245. The van der Waals surface area contributed by atoms with E-state index in [0.717, 1.165) is 5.56 Å². The predicted molar refractivity (Wildman–Crippen MR) is 80.5 cm³/mol. The number of carbonyl (C=O) groups excluding carboxylic acids is 1. The Hall–Kier alpha value is -3.02. The third kappa shape index (κ3) is 2.85. The summed E-state index contributed by atoms with van der Waals surface area (Å²) in [7, 11) is 1.60. The minimum atomic E-state index is -0.245. The SMILES string of the molecule is COc1ccccc1-c1cc(C(=O)NCc2ccco2)[nH]n1. The Morgan fingerprint density at radius 2 is 2.18 bits per heavy atom. The van der Waals surface area contributed by atoms with Crippen LogP contribution in [0.1, 0.15) is 16.2 Å². The Morgan fingerprint density at radius 1 is 1.32 bits per heavy atom. The summed E-state index contributed by atoms with van der Waals surface area (Å²) < 4.78 is 10.5. The maximum Gasteiger partial charge on any atom is 0.269 e. The molecule has 3 aromatic rings. The molecule has 1 amide bonds. The molecule has 112 valence electrons. The van der Waals surface area contributed by atoms with Gasteiger partial charge in [-0.2, -0.15) is 5.10 Å². The zero-order chi connectivity index (χ0) is 15.4. The number of ether oxygens (including phenoxy) is 1. The Bertz CT molecular complexity index is 763. The highest BCUT2D eigenvalue weighted by Crippen LogP contribution is 2.28. The number of methoxy groups -OCH3 is 1. The van der Waals surface area contributed by atoms with Crippen molar-refractivity contribution in [3.05, 3.63) is 60.2 Å². The highest BCUT2D eigenvalue weighted by atomic mass is 16.5. The summed E-state index contributed by atoms with van der Waals surface area (Å²) in [6, 6.07) is 12.8. The van der Waals surface area contributed by atoms with E-state index in [-0.39, 0.29) is 5.91 Å². The standard InChI is InChI=1S/C16H15N3O3/c1-21-15-7-3-2-6-12(15)13-9-14(19-18-13)16(20)17-10-11-5-4-8-22-11/h2-9H,10H2,1H3,(H,17,20)(H,18,19). The third-order valence-electron chi connectivity index (χ3n) is 3.21. The van der Waals surface area contributed by atoms with Gasteiger partial charge < -0.3 is 14.5 Å². The molecule has 3 rings (SSSR count). The lowest BCUT2D eigenvalue weighted by molar-refractivity contribution is 0.0943. The number of nitrogens with zero attached hydrogens (tertiary/aromatic N) is 1. The van der Waals surface area contributed by atoms with Gasteiger partial charge in [-0.05, 0) is 30.3 Å². The average Bonchev–Trinajstić information content (AvgIpc) is 3.24. The van der Waals surface area contributed by atoms with Crippen LogP contribution in [0, 0.1) is 0 Å². The van der Waals surface area contributed by atoms with Crippen molar-refractivity contribution in [3.63, 3.8) is 0 Å². The topological polar surface area (TPSA) is 80.1 Å². The van der Waals surface area contributed by atoms with Crippen LogP contribution in [0.4, 0.5) is 0 Å². The van der Waals surface area contributed by atoms with Crippen LogP contribution in [-0.2, 0) is 6.54 Å². The number of rotatable bonds is 5. The molecular formula is C16H15N3O3. The predicted octanol–water partition coefficient (Wildman–Crippen LogP) is 2.61. The first kappa shape index (κ1) is 13.9. The Morgan fingerprint density at radius 3 is 2.95 bits per heavy atom. The van der Waals surface area contributed by atoms with Gasteiger partial charge in [0, 0.05) is 5.56 Å². The van der Waals surface area contributed by atoms with E-state index in [4.69, 9.17) is 9.15 Å². The number of H-pyrrole nitrogens is 1. The van der Waals surface area contributed by atoms with Crippen molar-refractivity contribution in [1.29, 1.82) is 0 Å². The normalized spacial score (nSPS) is 10.4. The molecule has 0 aliphatic carbocycles. The van der Waals surface area contributed by atoms with Crippen molar-refractivity contribution < 1.29 is 13.9 Å². The van der Waals surface area contributed by atoms with Gasteiger partial charge in [-0.25, -0.2) is 0 Å². The maximum absolute atomic E-state index is 12.1. The van der Waals surface area contributed by atoms with Gasteiger partial charge in [-0.1, -0.05) is 12.1 Å². The fourth-order valence-corrected chi connectivity index (χ4v) is 2.11. The van der Waals surface area contributed by atoms with Gasteiger partial charge in [0.25, 0.3) is 5.91 Å². The largest absolute Gasteiger partial charge is 0.496 e. The molecule has 0 aliphatic heterocycles. The lowest BCUT2D eigenvalue weighted by Crippen LogP contribution is -2.22. The van der Waals surface area contributed by atoms with E-state index < -0.39 is 0 Å². The molecular weight excluding hydrogens is 282 g/mol. The van der Waals surface area contributed by atoms with E-state index in [1.165, 1.54) is 0 Å². The van der Waals surface area contributed by atoms with Gasteiger partial charge >= 0.3 is 0 Å². The van der Waals surface area contributed by atoms with Crippen LogP contribution >= 0.6 is 0 Å². The van der Waals surface area contributed by atoms with Crippen molar-refractivity contribution in [2.75, 3.05) is 7.11 Å². The van der Waals surface area contributed by atoms with Gasteiger partial charge in [0.15, 0.2) is 0 Å². The van der Waals surface area contributed by atoms with E-state index in [1.807, 2.05) is 24.3 Å². The fraction of sp³-hybridized carbons (Fsp3) is 0.125. The van der Waals surface area contributed by atoms with E-state index in [9.17, 15) is 4.79 Å². The summed E-state index contributed by atoms with van der Waals surface area (Å²) in [5.41, 5.74) is 1.86. The molecule has 0 saturated carbocycles. The third-order valence-corrected chi connectivity index (χ3v) is 3.21. The molecule has 0 fully saturated rings. The zero-order valence-corrected chi connectivity index (χ0v) is 12.0. The molecule has 0 atom stereocenters. The van der Waals surface area contributed by atoms with Crippen LogP contribution in [0.5, 0.6) is 5.75 Å². The second kappa shape index (κ2) is 6.17. The molecule has 1 aromatic carbocycles. The van der Waals surface area contributed by atoms with Gasteiger partial charge in [0.1, 0.15) is 17.2 Å². The number of aromatic amines is 1. The van der Waals surface area contributed by atoms with Crippen molar-refractivity contribution in [1.82, 2.24) is 15.5 Å². The van der Waals surface area contributed by atoms with Crippen molar-refractivity contribution in [2.45, 2.75) is 6.54 Å². The molecule has 2 N–H and O–H groups in total. The Balaban J connectivity index is 1.74. The van der Waals surface area contributed by atoms with Crippen LogP contribution in [0.15, 0.2) is 53.1 Å². The summed E-state index contributed by atoms with van der Waals surface area (Å²) in [5, 5.41) is 9.67. The van der Waals surface area contributed by atoms with Gasteiger partial charge in [0.05, 0.1) is 25.6 Å².